The van der Waals surface area contributed by atoms with Gasteiger partial charge in [0.25, 0.3) is 5.56 Å². The molecule has 0 aliphatic carbocycles. The minimum absolute atomic E-state index is 0.0783. The van der Waals surface area contributed by atoms with Gasteiger partial charge in [0, 0.05) is 25.2 Å². The van der Waals surface area contributed by atoms with Gasteiger partial charge in [-0.05, 0) is 36.2 Å². The molecule has 0 spiro atoms. The lowest BCUT2D eigenvalue weighted by Gasteiger charge is -2.08. The summed E-state index contributed by atoms with van der Waals surface area (Å²) in [7, 11) is -1.93. The van der Waals surface area contributed by atoms with Gasteiger partial charge in [-0.2, -0.15) is 0 Å². The van der Waals surface area contributed by atoms with Crippen LogP contribution in [0.1, 0.15) is 18.9 Å². The fourth-order valence-electron chi connectivity index (χ4n) is 2.20. The molecule has 1 aromatic carbocycles. The van der Waals surface area contributed by atoms with E-state index in [2.05, 4.69) is 12.0 Å². The molecule has 6 heteroatoms. The van der Waals surface area contributed by atoms with Crippen LogP contribution in [0.25, 0.3) is 11.1 Å². The summed E-state index contributed by atoms with van der Waals surface area (Å²) in [6.45, 7) is 3.58. The molecule has 2 rings (SSSR count). The normalized spacial score (nSPS) is 10.8. The van der Waals surface area contributed by atoms with Crippen molar-refractivity contribution in [2.75, 3.05) is 5.94 Å². The van der Waals surface area contributed by atoms with Crippen LogP contribution in [-0.2, 0) is 21.6 Å². The van der Waals surface area contributed by atoms with Crippen LogP contribution in [-0.4, -0.2) is 18.9 Å². The zero-order chi connectivity index (χ0) is 17.7. The highest BCUT2D eigenvalue weighted by Crippen LogP contribution is 2.23. The lowest BCUT2D eigenvalue weighted by molar-refractivity contribution is 0.336. The van der Waals surface area contributed by atoms with Crippen LogP contribution in [0.2, 0.25) is 0 Å². The van der Waals surface area contributed by atoms with Crippen LogP contribution in [0.5, 0.6) is 0 Å². The first-order valence-corrected chi connectivity index (χ1v) is 9.10. The van der Waals surface area contributed by atoms with Crippen molar-refractivity contribution in [2.24, 2.45) is 7.05 Å². The number of pyridine rings is 1. The van der Waals surface area contributed by atoms with E-state index in [0.29, 0.717) is 12.0 Å². The number of aromatic nitrogens is 1. The van der Waals surface area contributed by atoms with Crippen molar-refractivity contribution in [3.63, 3.8) is 0 Å². The fourth-order valence-corrected chi connectivity index (χ4v) is 3.15. The molecule has 126 valence electrons. The molecule has 0 amide bonds. The van der Waals surface area contributed by atoms with Crippen molar-refractivity contribution in [1.29, 1.82) is 0 Å². The summed E-state index contributed by atoms with van der Waals surface area (Å²) in [5, 5.41) is 0. The average molecular weight is 345 g/mol. The molecule has 0 bridgehead atoms. The van der Waals surface area contributed by atoms with Gasteiger partial charge in [0.15, 0.2) is 0 Å². The Hall–Kier alpha value is -2.52. The molecule has 0 saturated carbocycles. The molecule has 1 aromatic heterocycles. The molecular formula is C18H19NO4S. The first-order valence-electron chi connectivity index (χ1n) is 7.45. The first-order chi connectivity index (χ1) is 11.3. The number of sulfone groups is 1. The van der Waals surface area contributed by atoms with E-state index >= 15 is 0 Å². The number of aryl methyl sites for hydroxylation is 2. The Morgan fingerprint density at radius 2 is 1.96 bits per heavy atom. The number of rotatable bonds is 4. The van der Waals surface area contributed by atoms with E-state index in [1.807, 2.05) is 6.92 Å². The van der Waals surface area contributed by atoms with Crippen molar-refractivity contribution in [1.82, 2.24) is 4.57 Å². The highest BCUT2D eigenvalue weighted by atomic mass is 32.2. The lowest BCUT2D eigenvalue weighted by Crippen LogP contribution is -2.18. The largest absolute Gasteiger partial charge is 0.430 e. The predicted octanol–water partition coefficient (Wildman–Crippen LogP) is 2.48. The van der Waals surface area contributed by atoms with Gasteiger partial charge in [-0.1, -0.05) is 25.0 Å². The number of hydrogen-bond donors (Lipinski definition) is 0. The molecular weight excluding hydrogens is 326 g/mol. The zero-order valence-corrected chi connectivity index (χ0v) is 14.7. The fraction of sp³-hybridized carbons (Fsp3) is 0.278. The third-order valence-electron chi connectivity index (χ3n) is 3.42. The summed E-state index contributed by atoms with van der Waals surface area (Å²) in [6.07, 6.45) is 4.64. The summed E-state index contributed by atoms with van der Waals surface area (Å²) < 4.78 is 31.0. The van der Waals surface area contributed by atoms with Gasteiger partial charge in [-0.15, -0.1) is 0 Å². The van der Waals surface area contributed by atoms with Gasteiger partial charge < -0.3 is 9.30 Å². The van der Waals surface area contributed by atoms with Crippen LogP contribution in [0.4, 0.5) is 0 Å². The second-order valence-corrected chi connectivity index (χ2v) is 7.30. The van der Waals surface area contributed by atoms with E-state index in [1.54, 1.807) is 44.4 Å². The van der Waals surface area contributed by atoms with Crippen molar-refractivity contribution in [2.45, 2.75) is 25.2 Å². The molecule has 24 heavy (non-hydrogen) atoms. The predicted molar refractivity (Wildman–Crippen MR) is 93.1 cm³/mol. The van der Waals surface area contributed by atoms with E-state index in [0.717, 1.165) is 11.1 Å². The Bertz CT molecular complexity index is 936. The summed E-state index contributed by atoms with van der Waals surface area (Å²) in [5.74, 6) is 2.17. The van der Waals surface area contributed by atoms with Crippen molar-refractivity contribution in [3.8, 4) is 23.2 Å². The van der Waals surface area contributed by atoms with E-state index in [4.69, 9.17) is 4.74 Å². The third kappa shape index (κ3) is 4.06. The van der Waals surface area contributed by atoms with Gasteiger partial charge in [-0.3, -0.25) is 4.79 Å². The standard InChI is InChI=1S/C18H19NO4S/c1-4-5-9-23-13-24(21,22)17-8-6-7-15(11-17)16-10-14(2)18(20)19(3)12-16/h6-8,10-12H,4,13H2,1-3H3. The molecule has 5 nitrogen and oxygen atoms in total. The third-order valence-corrected chi connectivity index (χ3v) is 4.82. The van der Waals surface area contributed by atoms with Crippen LogP contribution >= 0.6 is 0 Å². The van der Waals surface area contributed by atoms with Gasteiger partial charge >= 0.3 is 0 Å². The van der Waals surface area contributed by atoms with Crippen LogP contribution in [0, 0.1) is 19.0 Å². The van der Waals surface area contributed by atoms with Gasteiger partial charge in [-0.25, -0.2) is 8.42 Å². The van der Waals surface area contributed by atoms with E-state index in [1.165, 1.54) is 10.6 Å². The lowest BCUT2D eigenvalue weighted by atomic mass is 10.1. The number of nitrogens with zero attached hydrogens (tertiary/aromatic N) is 1. The molecule has 0 N–H and O–H groups in total. The van der Waals surface area contributed by atoms with Crippen LogP contribution in [0.15, 0.2) is 46.2 Å². The molecule has 2 aromatic rings. The van der Waals surface area contributed by atoms with E-state index in [9.17, 15) is 13.2 Å². The monoisotopic (exact) mass is 345 g/mol. The van der Waals surface area contributed by atoms with Crippen molar-refractivity contribution < 1.29 is 13.2 Å². The van der Waals surface area contributed by atoms with Crippen molar-refractivity contribution >= 4 is 9.84 Å². The Balaban J connectivity index is 2.37. The number of ether oxygens (including phenoxy) is 1. The Kier molecular flexibility index (Phi) is 5.47. The number of hydrogen-bond acceptors (Lipinski definition) is 4. The minimum Gasteiger partial charge on any atom is -0.430 e. The molecule has 0 unspecified atom stereocenters. The summed E-state index contributed by atoms with van der Waals surface area (Å²) in [6, 6.07) is 8.31. The van der Waals surface area contributed by atoms with E-state index < -0.39 is 15.8 Å². The summed E-state index contributed by atoms with van der Waals surface area (Å²) in [5.41, 5.74) is 2.01. The molecule has 0 aliphatic heterocycles. The summed E-state index contributed by atoms with van der Waals surface area (Å²) in [4.78, 5) is 11.9. The van der Waals surface area contributed by atoms with E-state index in [-0.39, 0.29) is 10.5 Å². The number of benzene rings is 1. The highest BCUT2D eigenvalue weighted by Gasteiger charge is 2.16. The second-order valence-electron chi connectivity index (χ2n) is 5.37. The molecule has 0 fully saturated rings. The van der Waals surface area contributed by atoms with Gasteiger partial charge in [0.05, 0.1) is 4.90 Å². The quantitative estimate of drug-likeness (QED) is 0.799. The van der Waals surface area contributed by atoms with Gasteiger partial charge in [0.2, 0.25) is 15.8 Å². The molecule has 0 aliphatic rings. The molecule has 0 atom stereocenters. The maximum absolute atomic E-state index is 12.3. The topological polar surface area (TPSA) is 65.4 Å². The van der Waals surface area contributed by atoms with Gasteiger partial charge in [0.1, 0.15) is 6.11 Å². The minimum atomic E-state index is -3.59. The zero-order valence-electron chi connectivity index (χ0n) is 13.9. The smallest absolute Gasteiger partial charge is 0.253 e. The van der Waals surface area contributed by atoms with Crippen molar-refractivity contribution in [3.05, 3.63) is 52.4 Å². The Morgan fingerprint density at radius 3 is 2.62 bits per heavy atom. The second kappa shape index (κ2) is 7.37. The molecule has 1 heterocycles. The first kappa shape index (κ1) is 17.8. The van der Waals surface area contributed by atoms with Crippen LogP contribution < -0.4 is 5.56 Å². The molecule has 0 radical (unpaired) electrons. The summed E-state index contributed by atoms with van der Waals surface area (Å²) >= 11 is 0. The Morgan fingerprint density at radius 1 is 1.21 bits per heavy atom. The maximum atomic E-state index is 12.3. The van der Waals surface area contributed by atoms with Crippen LogP contribution in [0.3, 0.4) is 0 Å². The average Bonchev–Trinajstić information content (AvgIpc) is 2.56. The highest BCUT2D eigenvalue weighted by molar-refractivity contribution is 7.91. The Labute approximate surface area is 141 Å². The maximum Gasteiger partial charge on any atom is 0.253 e. The molecule has 0 saturated heterocycles. The SMILES string of the molecule is CCC#COCS(=O)(=O)c1cccc(-c2cc(C)c(=O)n(C)c2)c1.